The number of halogens is 1. The van der Waals surface area contributed by atoms with Crippen LogP contribution in [-0.2, 0) is 16.0 Å². The van der Waals surface area contributed by atoms with Crippen molar-refractivity contribution in [2.75, 3.05) is 64.6 Å². The molecule has 256 valence electrons. The number of anilines is 1. The number of benzene rings is 2. The van der Waals surface area contributed by atoms with Crippen molar-refractivity contribution in [1.29, 1.82) is 0 Å². The largest absolute Gasteiger partial charge is 0.436 e. The lowest BCUT2D eigenvalue weighted by atomic mass is 9.83. The summed E-state index contributed by atoms with van der Waals surface area (Å²) >= 11 is 6.41. The summed E-state index contributed by atoms with van der Waals surface area (Å²) in [6.45, 7) is 9.02. The molecule has 1 unspecified atom stereocenters. The van der Waals surface area contributed by atoms with E-state index in [2.05, 4.69) is 19.9 Å². The van der Waals surface area contributed by atoms with E-state index in [9.17, 15) is 14.4 Å². The van der Waals surface area contributed by atoms with E-state index in [0.717, 1.165) is 42.2 Å². The number of aromatic amines is 1. The topological polar surface area (TPSA) is 133 Å². The van der Waals surface area contributed by atoms with Gasteiger partial charge in [-0.1, -0.05) is 48.0 Å². The second-order valence-corrected chi connectivity index (χ2v) is 14.2. The molecule has 3 aromatic rings. The van der Waals surface area contributed by atoms with Crippen LogP contribution in [-0.4, -0.2) is 117 Å². The summed E-state index contributed by atoms with van der Waals surface area (Å²) in [5.74, 6) is 1.08. The average molecular weight is 677 g/mol. The zero-order chi connectivity index (χ0) is 33.4. The highest BCUT2D eigenvalue weighted by molar-refractivity contribution is 6.33. The van der Waals surface area contributed by atoms with E-state index in [1.54, 1.807) is 11.0 Å². The van der Waals surface area contributed by atoms with Gasteiger partial charge in [-0.25, -0.2) is 14.3 Å². The van der Waals surface area contributed by atoms with E-state index in [1.807, 2.05) is 48.2 Å². The molecule has 2 aromatic carbocycles. The predicted octanol–water partition coefficient (Wildman–Crippen LogP) is 3.41. The van der Waals surface area contributed by atoms with Gasteiger partial charge in [0.25, 0.3) is 5.91 Å². The van der Waals surface area contributed by atoms with Crippen LogP contribution >= 0.6 is 11.6 Å². The first-order chi connectivity index (χ1) is 23.2. The Morgan fingerprint density at radius 3 is 2.33 bits per heavy atom. The van der Waals surface area contributed by atoms with Gasteiger partial charge in [-0.05, 0) is 68.8 Å². The molecule has 3 N–H and O–H groups in total. The van der Waals surface area contributed by atoms with Gasteiger partial charge < -0.3 is 25.2 Å². The number of piperazine rings is 1. The summed E-state index contributed by atoms with van der Waals surface area (Å²) in [6.07, 6.45) is 2.27. The number of ether oxygens (including phenoxy) is 1. The highest BCUT2D eigenvalue weighted by Crippen LogP contribution is 2.32. The Morgan fingerprint density at radius 2 is 1.69 bits per heavy atom. The third kappa shape index (κ3) is 6.83. The van der Waals surface area contributed by atoms with Gasteiger partial charge in [0, 0.05) is 63.8 Å². The number of nitrogens with zero attached hydrogens (tertiary/aromatic N) is 6. The van der Waals surface area contributed by atoms with Crippen LogP contribution in [0.5, 0.6) is 0 Å². The Kier molecular flexibility index (Phi) is 9.48. The quantitative estimate of drug-likeness (QED) is 0.364. The van der Waals surface area contributed by atoms with Gasteiger partial charge in [0.2, 0.25) is 0 Å². The number of aromatic nitrogens is 3. The zero-order valence-corrected chi connectivity index (χ0v) is 28.3. The number of carbonyl (C=O) groups excluding carboxylic acids is 2. The van der Waals surface area contributed by atoms with Crippen LogP contribution in [0.1, 0.15) is 42.9 Å². The molecule has 13 heteroatoms. The lowest BCUT2D eigenvalue weighted by molar-refractivity contribution is -0.143. The number of carbonyl (C=O) groups is 2. The molecule has 0 saturated carbocycles. The minimum atomic E-state index is -1.000. The molecule has 5 aliphatic heterocycles. The van der Waals surface area contributed by atoms with Gasteiger partial charge in [0.1, 0.15) is 0 Å². The molecule has 5 fully saturated rings. The van der Waals surface area contributed by atoms with E-state index in [-0.39, 0.29) is 24.1 Å². The molecule has 0 spiro atoms. The number of nitrogen functional groups attached to an aromatic ring is 1. The molecule has 2 amide bonds. The Balaban J connectivity index is 1.00. The number of piperidine rings is 4. The number of amides is 2. The van der Waals surface area contributed by atoms with Crippen LogP contribution in [0, 0.1) is 12.8 Å². The average Bonchev–Trinajstić information content (AvgIpc) is 3.52. The maximum Gasteiger partial charge on any atom is 0.410 e. The second kappa shape index (κ2) is 13.9. The number of aryl methyl sites for hydroxylation is 1. The first kappa shape index (κ1) is 32.7. The van der Waals surface area contributed by atoms with Crippen molar-refractivity contribution >= 4 is 29.3 Å². The molecular weight excluding hydrogens is 632 g/mol. The molecule has 8 rings (SSSR count). The molecule has 2 bridgehead atoms. The Labute approximate surface area is 285 Å². The van der Waals surface area contributed by atoms with Crippen LogP contribution in [0.2, 0.25) is 5.02 Å². The zero-order valence-electron chi connectivity index (χ0n) is 27.5. The summed E-state index contributed by atoms with van der Waals surface area (Å²) in [6, 6.07) is 13.6. The molecule has 48 heavy (non-hydrogen) atoms. The fraction of sp³-hybridized carbons (Fsp3) is 0.543. The van der Waals surface area contributed by atoms with E-state index in [0.29, 0.717) is 61.6 Å². The summed E-state index contributed by atoms with van der Waals surface area (Å²) in [5, 5.41) is 4.96. The van der Waals surface area contributed by atoms with Crippen LogP contribution in [0.3, 0.4) is 0 Å². The summed E-state index contributed by atoms with van der Waals surface area (Å²) in [5.41, 5.74) is 8.75. The molecule has 6 heterocycles. The third-order valence-corrected chi connectivity index (χ3v) is 11.1. The maximum atomic E-state index is 14.1. The molecule has 0 radical (unpaired) electrons. The fourth-order valence-corrected chi connectivity index (χ4v) is 8.25. The van der Waals surface area contributed by atoms with E-state index >= 15 is 0 Å². The van der Waals surface area contributed by atoms with E-state index in [1.165, 1.54) is 30.6 Å². The van der Waals surface area contributed by atoms with Crippen molar-refractivity contribution in [3.8, 4) is 11.4 Å². The highest BCUT2D eigenvalue weighted by atomic mass is 35.5. The summed E-state index contributed by atoms with van der Waals surface area (Å²) in [4.78, 5) is 51.9. The number of fused-ring (bicyclic) bond motifs is 3. The number of hydrogen-bond donors (Lipinski definition) is 2. The van der Waals surface area contributed by atoms with Crippen molar-refractivity contribution in [2.24, 2.45) is 5.92 Å². The number of rotatable bonds is 7. The maximum absolute atomic E-state index is 14.1. The van der Waals surface area contributed by atoms with Crippen LogP contribution in [0.4, 0.5) is 10.5 Å². The van der Waals surface area contributed by atoms with E-state index < -0.39 is 12.2 Å². The Bertz CT molecular complexity index is 1650. The van der Waals surface area contributed by atoms with Crippen molar-refractivity contribution in [3.63, 3.8) is 0 Å². The Morgan fingerprint density at radius 1 is 0.979 bits per heavy atom. The first-order valence-electron chi connectivity index (χ1n) is 17.2. The van der Waals surface area contributed by atoms with Gasteiger partial charge in [0.05, 0.1) is 16.8 Å². The van der Waals surface area contributed by atoms with Crippen molar-refractivity contribution in [1.82, 2.24) is 34.4 Å². The van der Waals surface area contributed by atoms with Crippen LogP contribution in [0.15, 0.2) is 47.3 Å². The molecule has 12 nitrogen and oxygen atoms in total. The Hall–Kier alpha value is -3.87. The number of hydrogen-bond acceptors (Lipinski definition) is 8. The number of nitrogens with one attached hydrogen (secondary N) is 1. The number of H-pyrrole nitrogens is 1. The van der Waals surface area contributed by atoms with Crippen LogP contribution < -0.4 is 11.4 Å². The standard InChI is InChI=1S/C35H45ClN8O4/c1-23-19-24(20-28(36)31(23)37)21-30(33(45)42-17-15-41(16-18-42)29-22-40-11-7-25(29)8-12-40)48-35(47)43-13-9-27(10-14-43)44-34(46)38-32(39-44)26-5-3-2-4-6-26/h2-6,19-20,25,27,29-30H,7-18,21-22,37H2,1H3,(H,38,39,46)/t29?,30-/m1/s1. The van der Waals surface area contributed by atoms with Crippen LogP contribution in [0.25, 0.3) is 11.4 Å². The molecule has 1 aromatic heterocycles. The van der Waals surface area contributed by atoms with Gasteiger partial charge in [-0.2, -0.15) is 0 Å². The number of likely N-dealkylation sites (tertiary alicyclic amines) is 1. The summed E-state index contributed by atoms with van der Waals surface area (Å²) < 4.78 is 7.53. The van der Waals surface area contributed by atoms with Crippen molar-refractivity contribution in [2.45, 2.75) is 57.2 Å². The summed E-state index contributed by atoms with van der Waals surface area (Å²) in [7, 11) is 0. The van der Waals surface area contributed by atoms with Gasteiger partial charge >= 0.3 is 11.8 Å². The van der Waals surface area contributed by atoms with Gasteiger partial charge in [-0.15, -0.1) is 5.10 Å². The van der Waals surface area contributed by atoms with E-state index in [4.69, 9.17) is 22.1 Å². The minimum absolute atomic E-state index is 0.153. The molecule has 5 aliphatic rings. The highest BCUT2D eigenvalue weighted by Gasteiger charge is 2.40. The van der Waals surface area contributed by atoms with Crippen molar-refractivity contribution in [3.05, 3.63) is 69.1 Å². The monoisotopic (exact) mass is 676 g/mol. The lowest BCUT2D eigenvalue weighted by Gasteiger charge is -2.51. The first-order valence-corrected chi connectivity index (χ1v) is 17.6. The predicted molar refractivity (Wildman–Crippen MR) is 184 cm³/mol. The van der Waals surface area contributed by atoms with Gasteiger partial charge in [0.15, 0.2) is 11.9 Å². The normalized spacial score (nSPS) is 24.1. The lowest BCUT2D eigenvalue weighted by Crippen LogP contribution is -2.62. The van der Waals surface area contributed by atoms with Crippen molar-refractivity contribution < 1.29 is 14.3 Å². The minimum Gasteiger partial charge on any atom is -0.436 e. The smallest absolute Gasteiger partial charge is 0.410 e. The van der Waals surface area contributed by atoms with Gasteiger partial charge in [-0.3, -0.25) is 14.7 Å². The molecule has 0 aliphatic carbocycles. The molecule has 2 atom stereocenters. The second-order valence-electron chi connectivity index (χ2n) is 13.8. The molecule has 5 saturated heterocycles. The number of nitrogens with two attached hydrogens (primary N) is 1. The molecular formula is C35H45ClN8O4. The SMILES string of the molecule is Cc1cc(C[C@@H](OC(=O)N2CCC(n3nc(-c4ccccc4)[nH]c3=O)CC2)C(=O)N2CCN(C3CN4CCC3CC4)CC2)cc(Cl)c1N. The third-order valence-electron chi connectivity index (χ3n) is 10.8. The fourth-order valence-electron chi connectivity index (χ4n) is 7.96.